The molecule has 0 aromatic heterocycles. The molecule has 0 spiro atoms. The minimum absolute atomic E-state index is 0.114. The molecule has 3 rings (SSSR count). The lowest BCUT2D eigenvalue weighted by Crippen LogP contribution is -2.52. The van der Waals surface area contributed by atoms with Gasteiger partial charge in [-0.25, -0.2) is 0 Å². The lowest BCUT2D eigenvalue weighted by molar-refractivity contribution is -0.122. The van der Waals surface area contributed by atoms with Crippen molar-refractivity contribution in [1.29, 1.82) is 0 Å². The molecule has 118 valence electrons. The first-order valence-electron chi connectivity index (χ1n) is 8.09. The topological polar surface area (TPSA) is 75.4 Å². The van der Waals surface area contributed by atoms with Crippen molar-refractivity contribution >= 4 is 23.2 Å². The smallest absolute Gasteiger partial charge is 0.244 e. The standard InChI is InChI=1S/C17H23N3O2/c18-17(9-2-1-3-10-17)16(22)19-13-6-4-7-14(12-13)20-11-5-8-15(20)21/h4,6-7,12H,1-3,5,8-11,18H2,(H,19,22). The van der Waals surface area contributed by atoms with E-state index in [4.69, 9.17) is 5.73 Å². The molecule has 0 atom stereocenters. The Labute approximate surface area is 130 Å². The normalized spacial score (nSPS) is 21.0. The van der Waals surface area contributed by atoms with Crippen LogP contribution in [-0.4, -0.2) is 23.9 Å². The summed E-state index contributed by atoms with van der Waals surface area (Å²) in [7, 11) is 0. The molecule has 1 aromatic carbocycles. The summed E-state index contributed by atoms with van der Waals surface area (Å²) in [5, 5.41) is 2.93. The fourth-order valence-electron chi connectivity index (χ4n) is 3.34. The fourth-order valence-corrected chi connectivity index (χ4v) is 3.34. The number of hydrogen-bond acceptors (Lipinski definition) is 3. The summed E-state index contributed by atoms with van der Waals surface area (Å²) in [6.45, 7) is 0.747. The number of rotatable bonds is 3. The molecule has 5 nitrogen and oxygen atoms in total. The maximum absolute atomic E-state index is 12.5. The number of carbonyl (C=O) groups is 2. The number of nitrogens with zero attached hydrogens (tertiary/aromatic N) is 1. The van der Waals surface area contributed by atoms with Crippen molar-refractivity contribution in [2.45, 2.75) is 50.5 Å². The number of hydrogen-bond donors (Lipinski definition) is 2. The van der Waals surface area contributed by atoms with Gasteiger partial charge in [-0.3, -0.25) is 9.59 Å². The van der Waals surface area contributed by atoms with Gasteiger partial charge in [-0.15, -0.1) is 0 Å². The Kier molecular flexibility index (Phi) is 4.16. The second kappa shape index (κ2) is 6.08. The molecule has 1 heterocycles. The lowest BCUT2D eigenvalue weighted by Gasteiger charge is -2.31. The third-order valence-corrected chi connectivity index (χ3v) is 4.69. The van der Waals surface area contributed by atoms with E-state index >= 15 is 0 Å². The van der Waals surface area contributed by atoms with Gasteiger partial charge in [0.2, 0.25) is 11.8 Å². The Morgan fingerprint density at radius 2 is 1.95 bits per heavy atom. The van der Waals surface area contributed by atoms with Crippen molar-refractivity contribution in [2.24, 2.45) is 5.73 Å². The van der Waals surface area contributed by atoms with Crippen molar-refractivity contribution in [1.82, 2.24) is 0 Å². The molecule has 2 fully saturated rings. The summed E-state index contributed by atoms with van der Waals surface area (Å²) in [5.74, 6) is 0.0307. The molecule has 2 aliphatic rings. The number of nitrogens with two attached hydrogens (primary N) is 1. The molecular weight excluding hydrogens is 278 g/mol. The third-order valence-electron chi connectivity index (χ3n) is 4.69. The van der Waals surface area contributed by atoms with Crippen LogP contribution in [0.1, 0.15) is 44.9 Å². The van der Waals surface area contributed by atoms with E-state index in [1.165, 1.54) is 0 Å². The Hall–Kier alpha value is -1.88. The summed E-state index contributed by atoms with van der Waals surface area (Å²) in [5.41, 5.74) is 7.05. The van der Waals surface area contributed by atoms with E-state index in [0.717, 1.165) is 50.8 Å². The Bertz CT molecular complexity index is 579. The van der Waals surface area contributed by atoms with Crippen molar-refractivity contribution in [3.05, 3.63) is 24.3 Å². The molecule has 0 radical (unpaired) electrons. The summed E-state index contributed by atoms with van der Waals surface area (Å²) in [4.78, 5) is 26.1. The first-order chi connectivity index (χ1) is 10.6. The van der Waals surface area contributed by atoms with E-state index in [2.05, 4.69) is 5.32 Å². The molecular formula is C17H23N3O2. The van der Waals surface area contributed by atoms with Gasteiger partial charge in [0.1, 0.15) is 0 Å². The molecule has 1 aromatic rings. The van der Waals surface area contributed by atoms with E-state index in [0.29, 0.717) is 12.1 Å². The van der Waals surface area contributed by atoms with Gasteiger partial charge < -0.3 is 16.0 Å². The average Bonchev–Trinajstić information content (AvgIpc) is 2.94. The summed E-state index contributed by atoms with van der Waals surface area (Å²) < 4.78 is 0. The molecule has 22 heavy (non-hydrogen) atoms. The van der Waals surface area contributed by atoms with Crippen molar-refractivity contribution in [2.75, 3.05) is 16.8 Å². The highest BCUT2D eigenvalue weighted by atomic mass is 16.2. The fraction of sp³-hybridized carbons (Fsp3) is 0.529. The number of nitrogens with one attached hydrogen (secondary N) is 1. The molecule has 1 aliphatic heterocycles. The highest BCUT2D eigenvalue weighted by Crippen LogP contribution is 2.28. The third kappa shape index (κ3) is 2.99. The van der Waals surface area contributed by atoms with Gasteiger partial charge in [0.05, 0.1) is 5.54 Å². The average molecular weight is 301 g/mol. The number of anilines is 2. The largest absolute Gasteiger partial charge is 0.324 e. The van der Waals surface area contributed by atoms with Gasteiger partial charge >= 0.3 is 0 Å². The van der Waals surface area contributed by atoms with Crippen LogP contribution in [0, 0.1) is 0 Å². The Morgan fingerprint density at radius 3 is 2.64 bits per heavy atom. The summed E-state index contributed by atoms with van der Waals surface area (Å²) in [6, 6.07) is 7.46. The van der Waals surface area contributed by atoms with Crippen molar-refractivity contribution < 1.29 is 9.59 Å². The second-order valence-electron chi connectivity index (χ2n) is 6.37. The van der Waals surface area contributed by atoms with Crippen LogP contribution in [0.3, 0.4) is 0 Å². The van der Waals surface area contributed by atoms with Gasteiger partial charge in [-0.05, 0) is 37.5 Å². The minimum atomic E-state index is -0.752. The quantitative estimate of drug-likeness (QED) is 0.900. The number of amides is 2. The molecule has 0 unspecified atom stereocenters. The van der Waals surface area contributed by atoms with Crippen LogP contribution in [0.2, 0.25) is 0 Å². The Balaban J connectivity index is 1.72. The van der Waals surface area contributed by atoms with E-state index < -0.39 is 5.54 Å². The van der Waals surface area contributed by atoms with Gasteiger partial charge in [-0.1, -0.05) is 25.3 Å². The Morgan fingerprint density at radius 1 is 1.18 bits per heavy atom. The van der Waals surface area contributed by atoms with Gasteiger partial charge in [0.15, 0.2) is 0 Å². The van der Waals surface area contributed by atoms with Crippen LogP contribution in [0.4, 0.5) is 11.4 Å². The predicted molar refractivity (Wildman–Crippen MR) is 86.7 cm³/mol. The van der Waals surface area contributed by atoms with Crippen LogP contribution in [-0.2, 0) is 9.59 Å². The van der Waals surface area contributed by atoms with E-state index in [1.807, 2.05) is 24.3 Å². The zero-order chi connectivity index (χ0) is 15.6. The molecule has 2 amide bonds. The summed E-state index contributed by atoms with van der Waals surface area (Å²) >= 11 is 0. The van der Waals surface area contributed by atoms with Crippen LogP contribution >= 0.6 is 0 Å². The highest BCUT2D eigenvalue weighted by molar-refractivity contribution is 5.99. The lowest BCUT2D eigenvalue weighted by atomic mass is 9.82. The van der Waals surface area contributed by atoms with Crippen LogP contribution < -0.4 is 16.0 Å². The highest BCUT2D eigenvalue weighted by Gasteiger charge is 2.35. The first kappa shape index (κ1) is 15.0. The van der Waals surface area contributed by atoms with Gasteiger partial charge in [0.25, 0.3) is 0 Å². The predicted octanol–water partition coefficient (Wildman–Crippen LogP) is 2.41. The molecule has 3 N–H and O–H groups in total. The maximum Gasteiger partial charge on any atom is 0.244 e. The number of carbonyl (C=O) groups excluding carboxylic acids is 2. The molecule has 5 heteroatoms. The zero-order valence-electron chi connectivity index (χ0n) is 12.8. The van der Waals surface area contributed by atoms with E-state index in [-0.39, 0.29) is 11.8 Å². The molecule has 1 aliphatic carbocycles. The van der Waals surface area contributed by atoms with Gasteiger partial charge in [0, 0.05) is 24.3 Å². The van der Waals surface area contributed by atoms with Gasteiger partial charge in [-0.2, -0.15) is 0 Å². The molecule has 1 saturated heterocycles. The molecule has 1 saturated carbocycles. The molecule has 0 bridgehead atoms. The zero-order valence-corrected chi connectivity index (χ0v) is 12.8. The summed E-state index contributed by atoms with van der Waals surface area (Å²) in [6.07, 6.45) is 6.13. The van der Waals surface area contributed by atoms with Crippen LogP contribution in [0.15, 0.2) is 24.3 Å². The van der Waals surface area contributed by atoms with Crippen molar-refractivity contribution in [3.63, 3.8) is 0 Å². The monoisotopic (exact) mass is 301 g/mol. The van der Waals surface area contributed by atoms with Crippen LogP contribution in [0.5, 0.6) is 0 Å². The van der Waals surface area contributed by atoms with Crippen molar-refractivity contribution in [3.8, 4) is 0 Å². The van der Waals surface area contributed by atoms with Crippen LogP contribution in [0.25, 0.3) is 0 Å². The maximum atomic E-state index is 12.5. The first-order valence-corrected chi connectivity index (χ1v) is 8.09. The van der Waals surface area contributed by atoms with E-state index in [1.54, 1.807) is 4.90 Å². The SMILES string of the molecule is NC1(C(=O)Nc2cccc(N3CCCC3=O)c2)CCCCC1. The second-order valence-corrected chi connectivity index (χ2v) is 6.37. The number of benzene rings is 1. The minimum Gasteiger partial charge on any atom is -0.324 e. The van der Waals surface area contributed by atoms with E-state index in [9.17, 15) is 9.59 Å².